The number of nitriles is 1. The highest BCUT2D eigenvalue weighted by Gasteiger charge is 2.11. The van der Waals surface area contributed by atoms with Crippen LogP contribution < -0.4 is 5.56 Å². The van der Waals surface area contributed by atoms with E-state index in [1.807, 2.05) is 31.2 Å². The van der Waals surface area contributed by atoms with Crippen molar-refractivity contribution >= 4 is 45.1 Å². The fourth-order valence-corrected chi connectivity index (χ4v) is 3.16. The molecule has 0 unspecified atom stereocenters. The molecule has 0 saturated heterocycles. The number of rotatable bonds is 2. The summed E-state index contributed by atoms with van der Waals surface area (Å²) in [6.07, 6.45) is 1.59. The first-order valence-electron chi connectivity index (χ1n) is 8.24. The lowest BCUT2D eigenvalue weighted by Gasteiger charge is -2.06. The van der Waals surface area contributed by atoms with Crippen LogP contribution in [0, 0.1) is 18.3 Å². The Balaban J connectivity index is 1.90. The standard InChI is InChI=1S/C21H13ClN4O/c1-12-5-4-6-13-9-14(19(22)25-18(12)13)10-15(11-23)20-24-17-8-3-2-7-16(17)21(27)26-20/h2-10H,1H3,(H,24,26,27). The molecule has 0 aliphatic rings. The van der Waals surface area contributed by atoms with Gasteiger partial charge in [0.25, 0.3) is 5.56 Å². The van der Waals surface area contributed by atoms with Gasteiger partial charge in [0.15, 0.2) is 5.82 Å². The first-order chi connectivity index (χ1) is 13.1. The Kier molecular flexibility index (Phi) is 4.19. The molecule has 0 radical (unpaired) electrons. The Morgan fingerprint density at radius 2 is 2.00 bits per heavy atom. The van der Waals surface area contributed by atoms with Crippen LogP contribution in [0.2, 0.25) is 5.15 Å². The molecule has 0 spiro atoms. The quantitative estimate of drug-likeness (QED) is 0.415. The molecule has 5 nitrogen and oxygen atoms in total. The highest BCUT2D eigenvalue weighted by atomic mass is 35.5. The Labute approximate surface area is 159 Å². The zero-order chi connectivity index (χ0) is 19.0. The van der Waals surface area contributed by atoms with Crippen molar-refractivity contribution in [3.8, 4) is 6.07 Å². The molecule has 0 fully saturated rings. The fourth-order valence-electron chi connectivity index (χ4n) is 2.96. The van der Waals surface area contributed by atoms with Gasteiger partial charge in [0.05, 0.1) is 22.0 Å². The van der Waals surface area contributed by atoms with Gasteiger partial charge in [-0.05, 0) is 36.8 Å². The highest BCUT2D eigenvalue weighted by molar-refractivity contribution is 6.31. The van der Waals surface area contributed by atoms with Crippen LogP contribution in [-0.4, -0.2) is 15.0 Å². The Hall–Kier alpha value is -3.49. The van der Waals surface area contributed by atoms with Gasteiger partial charge in [-0.3, -0.25) is 4.79 Å². The molecule has 1 N–H and O–H groups in total. The summed E-state index contributed by atoms with van der Waals surface area (Å²) in [6.45, 7) is 1.96. The molecule has 0 amide bonds. The van der Waals surface area contributed by atoms with E-state index in [0.29, 0.717) is 16.5 Å². The van der Waals surface area contributed by atoms with Gasteiger partial charge in [0.1, 0.15) is 11.2 Å². The summed E-state index contributed by atoms with van der Waals surface area (Å²) in [5.74, 6) is 0.196. The van der Waals surface area contributed by atoms with Crippen LogP contribution in [0.15, 0.2) is 53.3 Å². The first kappa shape index (κ1) is 17.0. The number of aromatic nitrogens is 3. The molecule has 4 aromatic rings. The van der Waals surface area contributed by atoms with Crippen molar-refractivity contribution in [1.82, 2.24) is 15.0 Å². The molecule has 0 aliphatic carbocycles. The fraction of sp³-hybridized carbons (Fsp3) is 0.0476. The number of nitrogens with one attached hydrogen (secondary N) is 1. The van der Waals surface area contributed by atoms with Crippen molar-refractivity contribution in [2.45, 2.75) is 6.92 Å². The molecule has 6 heteroatoms. The number of benzene rings is 2. The van der Waals surface area contributed by atoms with E-state index in [1.54, 1.807) is 30.3 Å². The van der Waals surface area contributed by atoms with Crippen LogP contribution in [0.5, 0.6) is 0 Å². The number of para-hydroxylation sites is 2. The number of nitrogens with zero attached hydrogens (tertiary/aromatic N) is 3. The predicted molar refractivity (Wildman–Crippen MR) is 107 cm³/mol. The summed E-state index contributed by atoms with van der Waals surface area (Å²) in [6, 6.07) is 16.8. The van der Waals surface area contributed by atoms with E-state index in [2.05, 4.69) is 21.0 Å². The number of H-pyrrole nitrogens is 1. The summed E-state index contributed by atoms with van der Waals surface area (Å²) in [7, 11) is 0. The third-order valence-corrected chi connectivity index (χ3v) is 4.62. The Morgan fingerprint density at radius 1 is 1.19 bits per heavy atom. The van der Waals surface area contributed by atoms with Crippen LogP contribution in [0.25, 0.3) is 33.5 Å². The SMILES string of the molecule is Cc1cccc2cc(C=C(C#N)c3nc4ccccc4c(=O)[nH]3)c(Cl)nc12. The van der Waals surface area contributed by atoms with Crippen LogP contribution in [0.3, 0.4) is 0 Å². The van der Waals surface area contributed by atoms with Gasteiger partial charge in [0, 0.05) is 10.9 Å². The zero-order valence-corrected chi connectivity index (χ0v) is 15.1. The van der Waals surface area contributed by atoms with E-state index in [0.717, 1.165) is 16.5 Å². The molecule has 0 bridgehead atoms. The minimum Gasteiger partial charge on any atom is -0.305 e. The van der Waals surface area contributed by atoms with Crippen LogP contribution in [0.1, 0.15) is 17.0 Å². The summed E-state index contributed by atoms with van der Waals surface area (Å²) in [5, 5.41) is 11.3. The number of hydrogen-bond acceptors (Lipinski definition) is 4. The molecule has 4 rings (SSSR count). The number of fused-ring (bicyclic) bond motifs is 2. The second-order valence-electron chi connectivity index (χ2n) is 6.12. The molecule has 2 heterocycles. The van der Waals surface area contributed by atoms with Crippen LogP contribution >= 0.6 is 11.6 Å². The van der Waals surface area contributed by atoms with Gasteiger partial charge >= 0.3 is 0 Å². The van der Waals surface area contributed by atoms with Gasteiger partial charge in [-0.1, -0.05) is 41.9 Å². The van der Waals surface area contributed by atoms with Gasteiger partial charge in [-0.25, -0.2) is 9.97 Å². The van der Waals surface area contributed by atoms with Gasteiger partial charge in [0.2, 0.25) is 0 Å². The number of aryl methyl sites for hydroxylation is 1. The zero-order valence-electron chi connectivity index (χ0n) is 14.3. The third kappa shape index (κ3) is 3.07. The van der Waals surface area contributed by atoms with Crippen molar-refractivity contribution in [1.29, 1.82) is 5.26 Å². The lowest BCUT2D eigenvalue weighted by Crippen LogP contribution is -2.11. The number of halogens is 1. The smallest absolute Gasteiger partial charge is 0.259 e. The van der Waals surface area contributed by atoms with Gasteiger partial charge in [-0.2, -0.15) is 5.26 Å². The van der Waals surface area contributed by atoms with E-state index in [9.17, 15) is 10.1 Å². The molecule has 0 saturated carbocycles. The average molecular weight is 373 g/mol. The lowest BCUT2D eigenvalue weighted by molar-refractivity contribution is 1.13. The summed E-state index contributed by atoms with van der Waals surface area (Å²) < 4.78 is 0. The van der Waals surface area contributed by atoms with Crippen molar-refractivity contribution < 1.29 is 0 Å². The number of aromatic amines is 1. The second-order valence-corrected chi connectivity index (χ2v) is 6.47. The van der Waals surface area contributed by atoms with Crippen molar-refractivity contribution in [3.05, 3.63) is 81.0 Å². The maximum absolute atomic E-state index is 12.3. The maximum Gasteiger partial charge on any atom is 0.259 e. The summed E-state index contributed by atoms with van der Waals surface area (Å²) in [5.41, 5.74) is 2.85. The minimum atomic E-state index is -0.296. The first-order valence-corrected chi connectivity index (χ1v) is 8.62. The minimum absolute atomic E-state index is 0.196. The van der Waals surface area contributed by atoms with Crippen LogP contribution in [-0.2, 0) is 0 Å². The van der Waals surface area contributed by atoms with E-state index in [1.165, 1.54) is 0 Å². The number of hydrogen-bond donors (Lipinski definition) is 1. The molecular formula is C21H13ClN4O. The molecule has 0 aliphatic heterocycles. The van der Waals surface area contributed by atoms with Gasteiger partial charge < -0.3 is 4.98 Å². The normalized spacial score (nSPS) is 11.7. The molecular weight excluding hydrogens is 360 g/mol. The topological polar surface area (TPSA) is 82.4 Å². The Morgan fingerprint density at radius 3 is 2.81 bits per heavy atom. The van der Waals surface area contributed by atoms with E-state index in [4.69, 9.17) is 11.6 Å². The molecule has 0 atom stereocenters. The highest BCUT2D eigenvalue weighted by Crippen LogP contribution is 2.26. The molecule has 2 aromatic carbocycles. The van der Waals surface area contributed by atoms with Gasteiger partial charge in [-0.15, -0.1) is 0 Å². The van der Waals surface area contributed by atoms with E-state index in [-0.39, 0.29) is 22.1 Å². The second kappa shape index (κ2) is 6.67. The van der Waals surface area contributed by atoms with Crippen molar-refractivity contribution in [3.63, 3.8) is 0 Å². The Bertz CT molecular complexity index is 1330. The monoisotopic (exact) mass is 372 g/mol. The average Bonchev–Trinajstić information content (AvgIpc) is 2.67. The van der Waals surface area contributed by atoms with E-state index < -0.39 is 0 Å². The lowest BCUT2D eigenvalue weighted by atomic mass is 10.1. The number of allylic oxidation sites excluding steroid dienone is 1. The largest absolute Gasteiger partial charge is 0.305 e. The van der Waals surface area contributed by atoms with Crippen molar-refractivity contribution in [2.75, 3.05) is 0 Å². The molecule has 2 aromatic heterocycles. The third-order valence-electron chi connectivity index (χ3n) is 4.32. The molecule has 27 heavy (non-hydrogen) atoms. The summed E-state index contributed by atoms with van der Waals surface area (Å²) >= 11 is 6.33. The summed E-state index contributed by atoms with van der Waals surface area (Å²) in [4.78, 5) is 23.8. The van der Waals surface area contributed by atoms with Crippen molar-refractivity contribution in [2.24, 2.45) is 0 Å². The van der Waals surface area contributed by atoms with Crippen LogP contribution in [0.4, 0.5) is 0 Å². The number of pyridine rings is 1. The molecule has 130 valence electrons. The maximum atomic E-state index is 12.3. The van der Waals surface area contributed by atoms with E-state index >= 15 is 0 Å². The predicted octanol–water partition coefficient (Wildman–Crippen LogP) is 4.50.